The van der Waals surface area contributed by atoms with Crippen molar-refractivity contribution in [3.63, 3.8) is 0 Å². The van der Waals surface area contributed by atoms with Crippen molar-refractivity contribution in [1.29, 1.82) is 0 Å². The van der Waals surface area contributed by atoms with Crippen LogP contribution in [-0.2, 0) is 27.9 Å². The van der Waals surface area contributed by atoms with Gasteiger partial charge < -0.3 is 19.4 Å². The van der Waals surface area contributed by atoms with Crippen LogP contribution in [0.4, 0.5) is 0 Å². The Hall–Kier alpha value is -4.13. The lowest BCUT2D eigenvalue weighted by molar-refractivity contribution is -0.147. The molecule has 232 valence electrons. The van der Waals surface area contributed by atoms with Crippen LogP contribution >= 0.6 is 0 Å². The minimum absolute atomic E-state index is 0.0799. The van der Waals surface area contributed by atoms with Crippen LogP contribution in [0.15, 0.2) is 60.9 Å². The molecular formula is C37H45N3O4. The SMILES string of the molecule is COC(=O)[C@@H](C)Oc1cncc(Cc2c(C)n(CC3CCC3)c3cc(C(=O)N[C@@H](C)c4ccc(C(C)(C)C)cc4)ccc23)c1. The second kappa shape index (κ2) is 12.8. The Morgan fingerprint density at radius 1 is 1.05 bits per heavy atom. The van der Waals surface area contributed by atoms with Gasteiger partial charge in [0.2, 0.25) is 0 Å². The fourth-order valence-electron chi connectivity index (χ4n) is 5.96. The molecule has 1 aliphatic rings. The van der Waals surface area contributed by atoms with Gasteiger partial charge in [-0.15, -0.1) is 0 Å². The molecule has 2 aromatic carbocycles. The molecule has 1 aliphatic carbocycles. The Morgan fingerprint density at radius 2 is 1.77 bits per heavy atom. The number of benzene rings is 2. The van der Waals surface area contributed by atoms with Gasteiger partial charge in [0.1, 0.15) is 5.75 Å². The maximum Gasteiger partial charge on any atom is 0.346 e. The first-order chi connectivity index (χ1) is 20.9. The van der Waals surface area contributed by atoms with Crippen LogP contribution in [0.1, 0.15) is 98.2 Å². The monoisotopic (exact) mass is 595 g/mol. The molecule has 1 N–H and O–H groups in total. The maximum absolute atomic E-state index is 13.5. The average molecular weight is 596 g/mol. The number of amides is 1. The smallest absolute Gasteiger partial charge is 0.346 e. The highest BCUT2D eigenvalue weighted by molar-refractivity contribution is 5.99. The number of ether oxygens (including phenoxy) is 2. The summed E-state index contributed by atoms with van der Waals surface area (Å²) in [7, 11) is 1.35. The van der Waals surface area contributed by atoms with E-state index in [-0.39, 0.29) is 17.4 Å². The molecule has 0 spiro atoms. The molecular weight excluding hydrogens is 550 g/mol. The third-order valence-electron chi connectivity index (χ3n) is 9.00. The van der Waals surface area contributed by atoms with Crippen molar-refractivity contribution in [2.75, 3.05) is 7.11 Å². The van der Waals surface area contributed by atoms with Crippen LogP contribution in [-0.4, -0.2) is 34.6 Å². The predicted molar refractivity (Wildman–Crippen MR) is 174 cm³/mol. The number of esters is 1. The van der Waals surface area contributed by atoms with Crippen molar-refractivity contribution in [3.05, 3.63) is 94.4 Å². The summed E-state index contributed by atoms with van der Waals surface area (Å²) >= 11 is 0. The van der Waals surface area contributed by atoms with Gasteiger partial charge in [0.15, 0.2) is 6.10 Å². The first-order valence-electron chi connectivity index (χ1n) is 15.7. The minimum atomic E-state index is -0.724. The van der Waals surface area contributed by atoms with Crippen LogP contribution in [0.3, 0.4) is 0 Å². The zero-order chi connectivity index (χ0) is 31.6. The Bertz CT molecular complexity index is 1640. The molecule has 44 heavy (non-hydrogen) atoms. The summed E-state index contributed by atoms with van der Waals surface area (Å²) in [6.45, 7) is 13.4. The van der Waals surface area contributed by atoms with E-state index in [1.54, 1.807) is 13.1 Å². The molecule has 2 aromatic heterocycles. The second-order valence-corrected chi connectivity index (χ2v) is 13.3. The molecule has 0 unspecified atom stereocenters. The lowest BCUT2D eigenvalue weighted by Gasteiger charge is -2.27. The third-order valence-corrected chi connectivity index (χ3v) is 9.00. The summed E-state index contributed by atoms with van der Waals surface area (Å²) < 4.78 is 13.0. The van der Waals surface area contributed by atoms with Crippen molar-refractivity contribution < 1.29 is 19.1 Å². The molecule has 0 aliphatic heterocycles. The highest BCUT2D eigenvalue weighted by Gasteiger charge is 2.24. The molecule has 5 rings (SSSR count). The van der Waals surface area contributed by atoms with Crippen molar-refractivity contribution >= 4 is 22.8 Å². The van der Waals surface area contributed by atoms with Crippen LogP contribution in [0.5, 0.6) is 5.75 Å². The van der Waals surface area contributed by atoms with E-state index in [9.17, 15) is 9.59 Å². The van der Waals surface area contributed by atoms with Crippen molar-refractivity contribution in [3.8, 4) is 5.75 Å². The zero-order valence-corrected chi connectivity index (χ0v) is 27.1. The number of hydrogen-bond acceptors (Lipinski definition) is 5. The highest BCUT2D eigenvalue weighted by Crippen LogP contribution is 2.34. The maximum atomic E-state index is 13.5. The van der Waals surface area contributed by atoms with E-state index in [2.05, 4.69) is 72.9 Å². The van der Waals surface area contributed by atoms with Crippen LogP contribution < -0.4 is 10.1 Å². The summed E-state index contributed by atoms with van der Waals surface area (Å²) in [5.41, 5.74) is 7.57. The number of nitrogens with one attached hydrogen (secondary N) is 1. The number of carbonyl (C=O) groups excluding carboxylic acids is 2. The van der Waals surface area contributed by atoms with Gasteiger partial charge in [-0.05, 0) is 85.4 Å². The van der Waals surface area contributed by atoms with E-state index >= 15 is 0 Å². The van der Waals surface area contributed by atoms with Gasteiger partial charge in [-0.25, -0.2) is 4.79 Å². The van der Waals surface area contributed by atoms with Crippen molar-refractivity contribution in [2.24, 2.45) is 5.92 Å². The lowest BCUT2D eigenvalue weighted by atomic mass is 9.85. The van der Waals surface area contributed by atoms with E-state index in [0.717, 1.165) is 28.6 Å². The Morgan fingerprint density at radius 3 is 2.41 bits per heavy atom. The Balaban J connectivity index is 1.41. The summed E-state index contributed by atoms with van der Waals surface area (Å²) in [6.07, 6.45) is 7.13. The molecule has 0 bridgehead atoms. The van der Waals surface area contributed by atoms with Gasteiger partial charge in [0, 0.05) is 41.3 Å². The molecule has 2 atom stereocenters. The largest absolute Gasteiger partial charge is 0.477 e. The van der Waals surface area contributed by atoms with Crippen LogP contribution in [0.2, 0.25) is 0 Å². The topological polar surface area (TPSA) is 82.5 Å². The number of hydrogen-bond donors (Lipinski definition) is 1. The first kappa shape index (κ1) is 31.3. The number of carbonyl (C=O) groups is 2. The number of methoxy groups -OCH3 is 1. The second-order valence-electron chi connectivity index (χ2n) is 13.3. The van der Waals surface area contributed by atoms with E-state index in [4.69, 9.17) is 9.47 Å². The molecule has 4 aromatic rings. The molecule has 7 heteroatoms. The van der Waals surface area contributed by atoms with Crippen LogP contribution in [0.25, 0.3) is 10.9 Å². The number of aromatic nitrogens is 2. The minimum Gasteiger partial charge on any atom is -0.477 e. The van der Waals surface area contributed by atoms with E-state index < -0.39 is 12.1 Å². The summed E-state index contributed by atoms with van der Waals surface area (Å²) in [4.78, 5) is 29.7. The highest BCUT2D eigenvalue weighted by atomic mass is 16.6. The standard InChI is InChI=1S/C37H45N3O4/c1-23(28-11-14-30(15-12-28)37(4,5)6)39-35(41)29-13-16-32-33(24(2)40(34(32)19-29)22-26-9-8-10-26)18-27-17-31(21-38-20-27)44-25(3)36(42)43-7/h11-17,19-21,23,25-26H,8-10,18,22H2,1-7H3,(H,39,41)/t23-,25+/m0/s1. The fraction of sp³-hybridized carbons (Fsp3) is 0.432. The first-order valence-corrected chi connectivity index (χ1v) is 15.7. The van der Waals surface area contributed by atoms with Gasteiger partial charge in [-0.2, -0.15) is 0 Å². The summed E-state index contributed by atoms with van der Waals surface area (Å²) in [5.74, 6) is 0.669. The Kier molecular flexibility index (Phi) is 9.14. The number of rotatable bonds is 10. The number of nitrogens with zero attached hydrogens (tertiary/aromatic N) is 2. The average Bonchev–Trinajstić information content (AvgIpc) is 3.23. The Labute approximate surface area is 261 Å². The normalized spacial score (nSPS) is 15.0. The quantitative estimate of drug-likeness (QED) is 0.192. The van der Waals surface area contributed by atoms with Crippen LogP contribution in [0, 0.1) is 12.8 Å². The van der Waals surface area contributed by atoms with Gasteiger partial charge >= 0.3 is 5.97 Å². The fourth-order valence-corrected chi connectivity index (χ4v) is 5.96. The van der Waals surface area contributed by atoms with E-state index in [1.165, 1.54) is 43.2 Å². The molecule has 1 amide bonds. The summed E-state index contributed by atoms with van der Waals surface area (Å²) in [6, 6.07) is 16.4. The third kappa shape index (κ3) is 6.82. The molecule has 0 saturated heterocycles. The van der Waals surface area contributed by atoms with Gasteiger partial charge in [-0.1, -0.05) is 57.5 Å². The van der Waals surface area contributed by atoms with E-state index in [0.29, 0.717) is 23.7 Å². The van der Waals surface area contributed by atoms with Gasteiger partial charge in [0.25, 0.3) is 5.91 Å². The van der Waals surface area contributed by atoms with E-state index in [1.807, 2.05) is 31.3 Å². The lowest BCUT2D eigenvalue weighted by Crippen LogP contribution is -2.26. The number of pyridine rings is 1. The van der Waals surface area contributed by atoms with Crippen molar-refractivity contribution in [1.82, 2.24) is 14.9 Å². The molecule has 0 radical (unpaired) electrons. The molecule has 1 saturated carbocycles. The van der Waals surface area contributed by atoms with Gasteiger partial charge in [0.05, 0.1) is 19.3 Å². The van der Waals surface area contributed by atoms with Crippen molar-refractivity contribution in [2.45, 2.75) is 91.3 Å². The zero-order valence-electron chi connectivity index (χ0n) is 27.1. The van der Waals surface area contributed by atoms with Gasteiger partial charge in [-0.3, -0.25) is 9.78 Å². The summed E-state index contributed by atoms with van der Waals surface area (Å²) in [5, 5.41) is 4.35. The molecule has 7 nitrogen and oxygen atoms in total. The molecule has 2 heterocycles. The number of fused-ring (bicyclic) bond motifs is 1. The molecule has 1 fully saturated rings. The predicted octanol–water partition coefficient (Wildman–Crippen LogP) is 7.46.